The van der Waals surface area contributed by atoms with Crippen LogP contribution in [-0.2, 0) is 43.0 Å². The second-order valence-electron chi connectivity index (χ2n) is 9.06. The lowest BCUT2D eigenvalue weighted by Crippen LogP contribution is -2.47. The molecule has 3 amide bonds. The zero-order chi connectivity index (χ0) is 24.9. The van der Waals surface area contributed by atoms with Gasteiger partial charge < -0.3 is 24.4 Å². The number of ether oxygens (including phenoxy) is 3. The van der Waals surface area contributed by atoms with Crippen molar-refractivity contribution < 1.29 is 47.8 Å². The molecule has 1 aliphatic heterocycles. The van der Waals surface area contributed by atoms with Crippen LogP contribution >= 0.6 is 0 Å². The van der Waals surface area contributed by atoms with E-state index in [4.69, 9.17) is 14.2 Å². The molecule has 0 aliphatic carbocycles. The first kappa shape index (κ1) is 26.9. The maximum absolute atomic E-state index is 12.6. The summed E-state index contributed by atoms with van der Waals surface area (Å²) < 4.78 is 15.2. The largest absolute Gasteiger partial charge is 0.460 e. The highest BCUT2D eigenvalue weighted by Crippen LogP contribution is 2.15. The van der Waals surface area contributed by atoms with Crippen molar-refractivity contribution >= 4 is 35.8 Å². The van der Waals surface area contributed by atoms with Crippen LogP contribution in [0, 0.1) is 0 Å². The number of hydrogen-bond donors (Lipinski definition) is 1. The molecule has 1 saturated heterocycles. The maximum Gasteiger partial charge on any atom is 0.408 e. The lowest BCUT2D eigenvalue weighted by Gasteiger charge is -2.25. The summed E-state index contributed by atoms with van der Waals surface area (Å²) >= 11 is 0. The topological polar surface area (TPSA) is 155 Å². The molecule has 1 aliphatic rings. The van der Waals surface area contributed by atoms with Gasteiger partial charge in [-0.2, -0.15) is 0 Å². The summed E-state index contributed by atoms with van der Waals surface area (Å²) in [4.78, 5) is 76.7. The third-order valence-corrected chi connectivity index (χ3v) is 3.58. The summed E-state index contributed by atoms with van der Waals surface area (Å²) in [5, 5.41) is 2.52. The molecule has 2 atom stereocenters. The fraction of sp³-hybridized carbons (Fsp3) is 0.700. The molecule has 1 N–H and O–H groups in total. The molecule has 0 aromatic carbocycles. The van der Waals surface area contributed by atoms with E-state index in [1.807, 2.05) is 0 Å². The number of nitrogens with zero attached hydrogens (tertiary/aromatic N) is 1. The SMILES string of the molecule is CC(OC(=O)C(CC(=O)OC(C)(C)C)NC(=O)OC(C)(C)C)C(=O)ON1C(=O)CCC1=O. The number of nitrogens with one attached hydrogen (secondary N) is 1. The van der Waals surface area contributed by atoms with Crippen molar-refractivity contribution in [3.05, 3.63) is 0 Å². The smallest absolute Gasteiger partial charge is 0.408 e. The Morgan fingerprint density at radius 3 is 1.88 bits per heavy atom. The predicted octanol–water partition coefficient (Wildman–Crippen LogP) is 1.15. The Hall–Kier alpha value is -3.18. The standard InChI is InChI=1S/C20H30N2O10/c1-11(16(26)32-22-13(23)8-9-14(22)24)29-17(27)12(10-15(25)30-19(2,3)4)21-18(28)31-20(5,6)7/h11-12H,8-10H2,1-7H3,(H,21,28). The lowest BCUT2D eigenvalue weighted by atomic mass is 10.1. The van der Waals surface area contributed by atoms with Gasteiger partial charge in [0.05, 0.1) is 6.42 Å². The third-order valence-electron chi connectivity index (χ3n) is 3.58. The van der Waals surface area contributed by atoms with Crippen LogP contribution in [0.25, 0.3) is 0 Å². The number of carbonyl (C=O) groups excluding carboxylic acids is 6. The Bertz CT molecular complexity index is 732. The molecule has 0 radical (unpaired) electrons. The van der Waals surface area contributed by atoms with Crippen molar-refractivity contribution in [3.63, 3.8) is 0 Å². The summed E-state index contributed by atoms with van der Waals surface area (Å²) in [7, 11) is 0. The number of imide groups is 1. The van der Waals surface area contributed by atoms with Crippen molar-refractivity contribution in [3.8, 4) is 0 Å². The van der Waals surface area contributed by atoms with Crippen LogP contribution in [0.4, 0.5) is 4.79 Å². The molecule has 0 aromatic rings. The van der Waals surface area contributed by atoms with Crippen molar-refractivity contribution in [1.82, 2.24) is 10.4 Å². The van der Waals surface area contributed by atoms with Crippen LogP contribution in [-0.4, -0.2) is 64.2 Å². The molecule has 0 spiro atoms. The summed E-state index contributed by atoms with van der Waals surface area (Å²) in [5.41, 5.74) is -1.72. The second-order valence-corrected chi connectivity index (χ2v) is 9.06. The molecule has 0 saturated carbocycles. The van der Waals surface area contributed by atoms with E-state index in [2.05, 4.69) is 10.2 Å². The number of rotatable bonds is 7. The van der Waals surface area contributed by atoms with E-state index in [1.54, 1.807) is 41.5 Å². The third kappa shape index (κ3) is 9.31. The Morgan fingerprint density at radius 2 is 1.41 bits per heavy atom. The number of alkyl carbamates (subject to hydrolysis) is 1. The van der Waals surface area contributed by atoms with Gasteiger partial charge in [-0.3, -0.25) is 14.4 Å². The van der Waals surface area contributed by atoms with Crippen molar-refractivity contribution in [1.29, 1.82) is 0 Å². The van der Waals surface area contributed by atoms with Gasteiger partial charge in [0.1, 0.15) is 17.2 Å². The van der Waals surface area contributed by atoms with Crippen molar-refractivity contribution in [2.75, 3.05) is 0 Å². The first-order valence-electron chi connectivity index (χ1n) is 9.98. The minimum absolute atomic E-state index is 0.0992. The van der Waals surface area contributed by atoms with Gasteiger partial charge in [-0.05, 0) is 48.5 Å². The average molecular weight is 458 g/mol. The summed E-state index contributed by atoms with van der Waals surface area (Å²) in [6.45, 7) is 10.8. The number of carbonyl (C=O) groups is 6. The number of esters is 2. The molecule has 1 heterocycles. The molecular weight excluding hydrogens is 428 g/mol. The molecule has 2 unspecified atom stereocenters. The van der Waals surface area contributed by atoms with E-state index in [-0.39, 0.29) is 12.8 Å². The van der Waals surface area contributed by atoms with Crippen molar-refractivity contribution in [2.45, 2.75) is 91.1 Å². The number of hydroxylamine groups is 2. The van der Waals surface area contributed by atoms with Crippen LogP contribution in [0.2, 0.25) is 0 Å². The van der Waals surface area contributed by atoms with Crippen molar-refractivity contribution in [2.24, 2.45) is 0 Å². The Labute approximate surface area is 185 Å². The molecule has 180 valence electrons. The molecular formula is C20H30N2O10. The molecule has 0 bridgehead atoms. The van der Waals surface area contributed by atoms with Gasteiger partial charge in [-0.15, -0.1) is 5.06 Å². The number of amides is 3. The fourth-order valence-corrected chi connectivity index (χ4v) is 2.32. The normalized spacial score (nSPS) is 16.2. The Kier molecular flexibility index (Phi) is 8.75. The van der Waals surface area contributed by atoms with Crippen LogP contribution in [0.15, 0.2) is 0 Å². The van der Waals surface area contributed by atoms with Gasteiger partial charge in [0.25, 0.3) is 11.8 Å². The Balaban J connectivity index is 2.84. The molecule has 1 rings (SSSR count). The summed E-state index contributed by atoms with van der Waals surface area (Å²) in [6, 6.07) is -1.54. The van der Waals surface area contributed by atoms with E-state index in [1.165, 1.54) is 0 Å². The molecule has 0 aromatic heterocycles. The summed E-state index contributed by atoms with van der Waals surface area (Å²) in [5.74, 6) is -4.54. The van der Waals surface area contributed by atoms with Gasteiger partial charge >= 0.3 is 24.0 Å². The molecule has 1 fully saturated rings. The first-order valence-corrected chi connectivity index (χ1v) is 9.98. The van der Waals surface area contributed by atoms with E-state index < -0.39 is 65.6 Å². The highest BCUT2D eigenvalue weighted by molar-refractivity contribution is 6.01. The van der Waals surface area contributed by atoms with Gasteiger partial charge in [0, 0.05) is 12.8 Å². The quantitative estimate of drug-likeness (QED) is 0.334. The van der Waals surface area contributed by atoms with E-state index in [0.29, 0.717) is 5.06 Å². The van der Waals surface area contributed by atoms with E-state index >= 15 is 0 Å². The zero-order valence-corrected chi connectivity index (χ0v) is 19.3. The Morgan fingerprint density at radius 1 is 0.906 bits per heavy atom. The minimum Gasteiger partial charge on any atom is -0.460 e. The highest BCUT2D eigenvalue weighted by Gasteiger charge is 2.36. The first-order chi connectivity index (χ1) is 14.5. The van der Waals surface area contributed by atoms with Gasteiger partial charge in [0.2, 0.25) is 0 Å². The predicted molar refractivity (Wildman–Crippen MR) is 106 cm³/mol. The van der Waals surface area contributed by atoms with Gasteiger partial charge in [0.15, 0.2) is 6.10 Å². The maximum atomic E-state index is 12.6. The lowest BCUT2D eigenvalue weighted by molar-refractivity contribution is -0.205. The van der Waals surface area contributed by atoms with E-state index in [9.17, 15) is 28.8 Å². The molecule has 32 heavy (non-hydrogen) atoms. The monoisotopic (exact) mass is 458 g/mol. The van der Waals surface area contributed by atoms with Gasteiger partial charge in [-0.25, -0.2) is 14.4 Å². The summed E-state index contributed by atoms with van der Waals surface area (Å²) in [6.07, 6.45) is -3.34. The average Bonchev–Trinajstić information content (AvgIpc) is 2.89. The van der Waals surface area contributed by atoms with Crippen LogP contribution < -0.4 is 5.32 Å². The molecule has 12 nitrogen and oxygen atoms in total. The second kappa shape index (κ2) is 10.4. The van der Waals surface area contributed by atoms with Crippen LogP contribution in [0.5, 0.6) is 0 Å². The molecule has 12 heteroatoms. The van der Waals surface area contributed by atoms with E-state index in [0.717, 1.165) is 6.92 Å². The van der Waals surface area contributed by atoms with Crippen LogP contribution in [0.1, 0.15) is 67.7 Å². The van der Waals surface area contributed by atoms with Crippen LogP contribution in [0.3, 0.4) is 0 Å². The van der Waals surface area contributed by atoms with Gasteiger partial charge in [-0.1, -0.05) is 0 Å². The highest BCUT2D eigenvalue weighted by atomic mass is 16.7. The number of hydrogen-bond acceptors (Lipinski definition) is 10. The fourth-order valence-electron chi connectivity index (χ4n) is 2.32. The minimum atomic E-state index is -1.55. The zero-order valence-electron chi connectivity index (χ0n) is 19.3.